The number of benzene rings is 1. The maximum Gasteiger partial charge on any atom is 0.382 e. The molecule has 1 heterocycles. The summed E-state index contributed by atoms with van der Waals surface area (Å²) in [7, 11) is -3.81. The highest BCUT2D eigenvalue weighted by Gasteiger charge is 2.44. The lowest BCUT2D eigenvalue weighted by Gasteiger charge is -2.38. The summed E-state index contributed by atoms with van der Waals surface area (Å²) in [6.07, 6.45) is 2.93. The van der Waals surface area contributed by atoms with Gasteiger partial charge in [0.1, 0.15) is 0 Å². The molecule has 0 spiro atoms. The molecule has 0 saturated heterocycles. The molecule has 0 bridgehead atoms. The van der Waals surface area contributed by atoms with E-state index in [1.807, 2.05) is 20.8 Å². The van der Waals surface area contributed by atoms with E-state index in [9.17, 15) is 23.3 Å². The van der Waals surface area contributed by atoms with Crippen LogP contribution in [0.4, 0.5) is 0 Å². The zero-order valence-electron chi connectivity index (χ0n) is 16.4. The molecule has 0 radical (unpaired) electrons. The number of hydrogen-bond donors (Lipinski definition) is 0. The predicted molar refractivity (Wildman–Crippen MR) is 103 cm³/mol. The second kappa shape index (κ2) is 8.72. The van der Waals surface area contributed by atoms with E-state index in [0.717, 1.165) is 5.56 Å². The molecule has 0 aliphatic carbocycles. The van der Waals surface area contributed by atoms with Crippen LogP contribution in [-0.2, 0) is 19.6 Å². The molecule has 8 nitrogen and oxygen atoms in total. The highest BCUT2D eigenvalue weighted by molar-refractivity contribution is 7.89. The van der Waals surface area contributed by atoms with E-state index in [1.54, 1.807) is 31.2 Å². The van der Waals surface area contributed by atoms with Crippen LogP contribution in [0.1, 0.15) is 32.8 Å². The van der Waals surface area contributed by atoms with Gasteiger partial charge in [-0.1, -0.05) is 37.6 Å². The van der Waals surface area contributed by atoms with Crippen molar-refractivity contribution in [1.82, 2.24) is 4.31 Å². The average molecular weight is 410 g/mol. The van der Waals surface area contributed by atoms with E-state index < -0.39 is 38.9 Å². The molecule has 0 fully saturated rings. The maximum atomic E-state index is 13.1. The van der Waals surface area contributed by atoms with Crippen molar-refractivity contribution in [2.75, 3.05) is 6.61 Å². The monoisotopic (exact) mass is 410 g/mol. The predicted octanol–water partition coefficient (Wildman–Crippen LogP) is 2.75. The van der Waals surface area contributed by atoms with Gasteiger partial charge in [0.15, 0.2) is 0 Å². The Hall–Kier alpha value is -2.42. The van der Waals surface area contributed by atoms with Crippen molar-refractivity contribution in [3.8, 4) is 0 Å². The summed E-state index contributed by atoms with van der Waals surface area (Å²) in [5.74, 6) is -1.76. The minimum absolute atomic E-state index is 0.0428. The number of rotatable bonds is 7. The minimum Gasteiger partial charge on any atom is -0.461 e. The molecular formula is C19H26N2O6S. The molecular weight excluding hydrogens is 384 g/mol. The first-order valence-corrected chi connectivity index (χ1v) is 10.6. The summed E-state index contributed by atoms with van der Waals surface area (Å²) in [6, 6.07) is 4.45. The Labute approximate surface area is 165 Å². The van der Waals surface area contributed by atoms with Gasteiger partial charge in [-0.3, -0.25) is 14.4 Å². The van der Waals surface area contributed by atoms with Gasteiger partial charge in [0, 0.05) is 17.2 Å². The van der Waals surface area contributed by atoms with Crippen LogP contribution in [0.15, 0.2) is 41.4 Å². The molecule has 1 unspecified atom stereocenters. The highest BCUT2D eigenvalue weighted by atomic mass is 32.2. The molecule has 1 aromatic carbocycles. The molecule has 1 aromatic rings. The lowest BCUT2D eigenvalue weighted by Crippen LogP contribution is -2.47. The molecule has 0 aromatic heterocycles. The van der Waals surface area contributed by atoms with Crippen LogP contribution >= 0.6 is 0 Å². The van der Waals surface area contributed by atoms with Gasteiger partial charge in [0.25, 0.3) is 10.0 Å². The van der Waals surface area contributed by atoms with Crippen molar-refractivity contribution < 1.29 is 22.9 Å². The molecule has 1 aliphatic rings. The number of carbonyl (C=O) groups excluding carboxylic acids is 1. The van der Waals surface area contributed by atoms with Crippen LogP contribution in [0.25, 0.3) is 0 Å². The molecule has 2 rings (SSSR count). The summed E-state index contributed by atoms with van der Waals surface area (Å²) < 4.78 is 32.3. The van der Waals surface area contributed by atoms with Gasteiger partial charge in [-0.15, -0.1) is 0 Å². The number of sulfonamides is 1. The van der Waals surface area contributed by atoms with E-state index in [4.69, 9.17) is 4.74 Å². The van der Waals surface area contributed by atoms with Crippen LogP contribution in [0.2, 0.25) is 0 Å². The molecule has 28 heavy (non-hydrogen) atoms. The molecule has 0 N–H and O–H groups in total. The standard InChI is InChI=1S/C19H26N2O6S/c1-5-27-19(22)18(21(23)24)15-10-11-20(17(12-15)13(2)3)28(25,26)16-8-6-14(4)7-9-16/h6-11,13,15,17-18H,5,12H2,1-4H3/t15-,17-,18?/m1/s1. The number of aryl methyl sites for hydroxylation is 1. The Morgan fingerprint density at radius 3 is 2.43 bits per heavy atom. The fourth-order valence-electron chi connectivity index (χ4n) is 3.30. The summed E-state index contributed by atoms with van der Waals surface area (Å²) >= 11 is 0. The third kappa shape index (κ3) is 4.52. The topological polar surface area (TPSA) is 107 Å². The molecule has 3 atom stereocenters. The number of nitrogens with zero attached hydrogens (tertiary/aromatic N) is 2. The smallest absolute Gasteiger partial charge is 0.382 e. The average Bonchev–Trinajstić information content (AvgIpc) is 2.62. The van der Waals surface area contributed by atoms with Gasteiger partial charge in [-0.2, -0.15) is 0 Å². The zero-order chi connectivity index (χ0) is 21.1. The quantitative estimate of drug-likeness (QED) is 0.389. The van der Waals surface area contributed by atoms with Crippen LogP contribution in [0.3, 0.4) is 0 Å². The Balaban J connectivity index is 2.40. The number of hydrogen-bond acceptors (Lipinski definition) is 6. The van der Waals surface area contributed by atoms with Crippen molar-refractivity contribution >= 4 is 16.0 Å². The molecule has 9 heteroatoms. The number of nitro groups is 1. The lowest BCUT2D eigenvalue weighted by molar-refractivity contribution is -0.518. The van der Waals surface area contributed by atoms with Crippen molar-refractivity contribution in [3.05, 3.63) is 52.2 Å². The van der Waals surface area contributed by atoms with Crippen molar-refractivity contribution in [2.45, 2.75) is 51.1 Å². The maximum absolute atomic E-state index is 13.1. The van der Waals surface area contributed by atoms with Crippen LogP contribution < -0.4 is 0 Å². The van der Waals surface area contributed by atoms with Gasteiger partial charge in [-0.25, -0.2) is 13.2 Å². The Kier molecular flexibility index (Phi) is 6.82. The SMILES string of the molecule is CCOC(=O)C([C@@H]1C=CN(S(=O)(=O)c2ccc(C)cc2)[C@@H](C(C)C)C1)[N+](=O)[O-]. The Bertz CT molecular complexity index is 848. The summed E-state index contributed by atoms with van der Waals surface area (Å²) in [5, 5.41) is 11.5. The number of ether oxygens (including phenoxy) is 1. The fourth-order valence-corrected chi connectivity index (χ4v) is 4.94. The summed E-state index contributed by atoms with van der Waals surface area (Å²) in [6.45, 7) is 7.19. The largest absolute Gasteiger partial charge is 0.461 e. The van der Waals surface area contributed by atoms with E-state index in [-0.39, 0.29) is 23.8 Å². The second-order valence-electron chi connectivity index (χ2n) is 7.18. The van der Waals surface area contributed by atoms with Gasteiger partial charge >= 0.3 is 12.0 Å². The lowest BCUT2D eigenvalue weighted by atomic mass is 9.86. The molecule has 1 aliphatic heterocycles. The molecule has 0 amide bonds. The number of esters is 1. The zero-order valence-corrected chi connectivity index (χ0v) is 17.3. The molecule has 0 saturated carbocycles. The van der Waals surface area contributed by atoms with Crippen molar-refractivity contribution in [2.24, 2.45) is 11.8 Å². The Morgan fingerprint density at radius 2 is 1.93 bits per heavy atom. The van der Waals surface area contributed by atoms with E-state index >= 15 is 0 Å². The summed E-state index contributed by atoms with van der Waals surface area (Å²) in [5.41, 5.74) is 0.942. The third-order valence-electron chi connectivity index (χ3n) is 4.85. The second-order valence-corrected chi connectivity index (χ2v) is 9.03. The van der Waals surface area contributed by atoms with Gasteiger partial charge in [0.05, 0.1) is 17.4 Å². The van der Waals surface area contributed by atoms with Gasteiger partial charge in [-0.05, 0) is 38.3 Å². The first-order valence-electron chi connectivity index (χ1n) is 9.18. The van der Waals surface area contributed by atoms with Crippen LogP contribution in [0.5, 0.6) is 0 Å². The first-order chi connectivity index (χ1) is 13.1. The Morgan fingerprint density at radius 1 is 1.32 bits per heavy atom. The van der Waals surface area contributed by atoms with Gasteiger partial charge < -0.3 is 4.74 Å². The fraction of sp³-hybridized carbons (Fsp3) is 0.526. The third-order valence-corrected chi connectivity index (χ3v) is 6.66. The number of carbonyl (C=O) groups is 1. The minimum atomic E-state index is -3.81. The summed E-state index contributed by atoms with van der Waals surface area (Å²) in [4.78, 5) is 23.0. The normalized spacial score (nSPS) is 20.8. The van der Waals surface area contributed by atoms with Gasteiger partial charge in [0.2, 0.25) is 0 Å². The van der Waals surface area contributed by atoms with E-state index in [1.165, 1.54) is 16.6 Å². The van der Waals surface area contributed by atoms with E-state index in [2.05, 4.69) is 0 Å². The van der Waals surface area contributed by atoms with Crippen LogP contribution in [0, 0.1) is 28.9 Å². The highest BCUT2D eigenvalue weighted by Crippen LogP contribution is 2.33. The van der Waals surface area contributed by atoms with Crippen LogP contribution in [-0.4, -0.2) is 42.3 Å². The van der Waals surface area contributed by atoms with E-state index in [0.29, 0.717) is 0 Å². The molecule has 154 valence electrons. The first kappa shape index (κ1) is 21.9. The van der Waals surface area contributed by atoms with Crippen molar-refractivity contribution in [1.29, 1.82) is 0 Å². The van der Waals surface area contributed by atoms with Crippen molar-refractivity contribution in [3.63, 3.8) is 0 Å².